The van der Waals surface area contributed by atoms with Crippen LogP contribution in [0.2, 0.25) is 0 Å². The van der Waals surface area contributed by atoms with E-state index < -0.39 is 0 Å². The number of ether oxygens (including phenoxy) is 1. The zero-order chi connectivity index (χ0) is 27.2. The Bertz CT molecular complexity index is 1170. The minimum absolute atomic E-state index is 0.0653. The van der Waals surface area contributed by atoms with Gasteiger partial charge in [0, 0.05) is 38.0 Å². The minimum atomic E-state index is -0.227. The average Bonchev–Trinajstić information content (AvgIpc) is 2.91. The largest absolute Gasteiger partial charge is 0.379 e. The topological polar surface area (TPSA) is 174 Å². The summed E-state index contributed by atoms with van der Waals surface area (Å²) in [7, 11) is 0. The molecule has 0 radical (unpaired) electrons. The molecule has 0 spiro atoms. The Balaban J connectivity index is 1.30. The molecule has 0 aliphatic carbocycles. The highest BCUT2D eigenvalue weighted by molar-refractivity contribution is 5.91. The molecular weight excluding hydrogens is 490 g/mol. The number of hydrogen-bond acceptors (Lipinski definition) is 10. The van der Waals surface area contributed by atoms with E-state index in [4.69, 9.17) is 4.74 Å². The maximum absolute atomic E-state index is 12.2. The second-order valence-corrected chi connectivity index (χ2v) is 8.53. The first kappa shape index (κ1) is 28.2. The molecule has 3 rings (SSSR count). The van der Waals surface area contributed by atoms with Crippen LogP contribution in [0.5, 0.6) is 0 Å². The number of aromatic nitrogens is 6. The zero-order valence-electron chi connectivity index (χ0n) is 21.4. The Morgan fingerprint density at radius 3 is 2.16 bits per heavy atom. The second kappa shape index (κ2) is 15.0. The van der Waals surface area contributed by atoms with Crippen LogP contribution >= 0.6 is 0 Å². The van der Waals surface area contributed by atoms with Gasteiger partial charge in [0.25, 0.3) is 0 Å². The standard InChI is InChI=1S/C25H31N9O4/c1-17(2)29-23(37)11-14-38-15-13-27-21(35)7-5-8-22(36)30-18-9-10-20(28-16-18)25-33-31-24(32-34-25)19-6-3-4-12-26-19/h3-4,6,9-10,12,16-17H,5,7-8,11,13-15H2,1-2H3,(H,27,35)(H,29,37)(H,30,36). The molecule has 3 heterocycles. The van der Waals surface area contributed by atoms with Crippen LogP contribution in [-0.4, -0.2) is 73.9 Å². The summed E-state index contributed by atoms with van der Waals surface area (Å²) < 4.78 is 5.34. The molecule has 0 fully saturated rings. The van der Waals surface area contributed by atoms with Crippen molar-refractivity contribution in [3.8, 4) is 23.0 Å². The molecule has 38 heavy (non-hydrogen) atoms. The highest BCUT2D eigenvalue weighted by Crippen LogP contribution is 2.15. The van der Waals surface area contributed by atoms with Gasteiger partial charge in [-0.15, -0.1) is 20.4 Å². The molecule has 13 heteroatoms. The predicted octanol–water partition coefficient (Wildman–Crippen LogP) is 1.55. The molecule has 0 bridgehead atoms. The number of anilines is 1. The third-order valence-corrected chi connectivity index (χ3v) is 4.95. The molecule has 200 valence electrons. The molecule has 3 aromatic heterocycles. The van der Waals surface area contributed by atoms with Crippen LogP contribution in [0.3, 0.4) is 0 Å². The molecule has 0 saturated carbocycles. The maximum atomic E-state index is 12.2. The van der Waals surface area contributed by atoms with Gasteiger partial charge in [-0.05, 0) is 44.5 Å². The molecule has 0 aliphatic rings. The van der Waals surface area contributed by atoms with E-state index in [-0.39, 0.29) is 48.9 Å². The highest BCUT2D eigenvalue weighted by Gasteiger charge is 2.10. The van der Waals surface area contributed by atoms with E-state index in [1.807, 2.05) is 19.9 Å². The number of pyridine rings is 2. The van der Waals surface area contributed by atoms with E-state index in [1.165, 1.54) is 6.20 Å². The Labute approximate surface area is 220 Å². The molecule has 3 aromatic rings. The molecule has 0 saturated heterocycles. The lowest BCUT2D eigenvalue weighted by atomic mass is 10.2. The fraction of sp³-hybridized carbons (Fsp3) is 0.400. The molecule has 0 aromatic carbocycles. The fourth-order valence-electron chi connectivity index (χ4n) is 3.17. The minimum Gasteiger partial charge on any atom is -0.379 e. The van der Waals surface area contributed by atoms with Gasteiger partial charge >= 0.3 is 0 Å². The van der Waals surface area contributed by atoms with E-state index in [1.54, 1.807) is 30.5 Å². The lowest BCUT2D eigenvalue weighted by Crippen LogP contribution is -2.31. The van der Waals surface area contributed by atoms with Crippen LogP contribution < -0.4 is 16.0 Å². The molecule has 3 N–H and O–H groups in total. The zero-order valence-corrected chi connectivity index (χ0v) is 21.4. The maximum Gasteiger partial charge on any atom is 0.224 e. The fourth-order valence-corrected chi connectivity index (χ4v) is 3.17. The normalized spacial score (nSPS) is 10.7. The van der Waals surface area contributed by atoms with Crippen molar-refractivity contribution in [2.45, 2.75) is 45.6 Å². The number of amides is 3. The summed E-state index contributed by atoms with van der Waals surface area (Å²) in [6.07, 6.45) is 4.19. The molecular formula is C25H31N9O4. The lowest BCUT2D eigenvalue weighted by molar-refractivity contribution is -0.124. The van der Waals surface area contributed by atoms with Gasteiger partial charge in [0.1, 0.15) is 11.4 Å². The molecule has 0 aliphatic heterocycles. The Morgan fingerprint density at radius 2 is 1.53 bits per heavy atom. The van der Waals surface area contributed by atoms with E-state index in [2.05, 4.69) is 46.3 Å². The SMILES string of the molecule is CC(C)NC(=O)CCOCCNC(=O)CCCC(=O)Nc1ccc(-c2nnc(-c3ccccn3)nn2)nc1. The Kier molecular flexibility index (Phi) is 11.1. The van der Waals surface area contributed by atoms with Crippen LogP contribution in [-0.2, 0) is 19.1 Å². The first-order valence-corrected chi connectivity index (χ1v) is 12.3. The number of carbonyl (C=O) groups is 3. The summed E-state index contributed by atoms with van der Waals surface area (Å²) in [4.78, 5) is 44.0. The number of carbonyl (C=O) groups excluding carboxylic acids is 3. The number of nitrogens with zero attached hydrogens (tertiary/aromatic N) is 6. The first-order valence-electron chi connectivity index (χ1n) is 12.3. The third kappa shape index (κ3) is 9.93. The second-order valence-electron chi connectivity index (χ2n) is 8.53. The van der Waals surface area contributed by atoms with Crippen LogP contribution in [0.15, 0.2) is 42.7 Å². The Hall–Kier alpha value is -4.39. The molecule has 0 unspecified atom stereocenters. The van der Waals surface area contributed by atoms with E-state index >= 15 is 0 Å². The smallest absolute Gasteiger partial charge is 0.224 e. The van der Waals surface area contributed by atoms with Crippen molar-refractivity contribution in [1.29, 1.82) is 0 Å². The monoisotopic (exact) mass is 521 g/mol. The summed E-state index contributed by atoms with van der Waals surface area (Å²) in [5, 5.41) is 24.4. The van der Waals surface area contributed by atoms with Gasteiger partial charge in [-0.1, -0.05) is 6.07 Å². The van der Waals surface area contributed by atoms with Crippen molar-refractivity contribution in [2.24, 2.45) is 0 Å². The van der Waals surface area contributed by atoms with Crippen molar-refractivity contribution in [3.05, 3.63) is 42.7 Å². The van der Waals surface area contributed by atoms with Crippen molar-refractivity contribution in [1.82, 2.24) is 41.0 Å². The van der Waals surface area contributed by atoms with Crippen molar-refractivity contribution < 1.29 is 19.1 Å². The van der Waals surface area contributed by atoms with E-state index in [0.29, 0.717) is 49.1 Å². The van der Waals surface area contributed by atoms with Gasteiger partial charge < -0.3 is 20.7 Å². The van der Waals surface area contributed by atoms with Gasteiger partial charge in [0.2, 0.25) is 29.4 Å². The van der Waals surface area contributed by atoms with Crippen molar-refractivity contribution in [3.63, 3.8) is 0 Å². The van der Waals surface area contributed by atoms with Gasteiger partial charge in [0.05, 0.1) is 25.1 Å². The van der Waals surface area contributed by atoms with Crippen LogP contribution in [0.25, 0.3) is 23.0 Å². The van der Waals surface area contributed by atoms with Gasteiger partial charge in [-0.3, -0.25) is 24.4 Å². The first-order chi connectivity index (χ1) is 18.4. The number of nitrogens with one attached hydrogen (secondary N) is 3. The van der Waals surface area contributed by atoms with Crippen molar-refractivity contribution >= 4 is 23.4 Å². The highest BCUT2D eigenvalue weighted by atomic mass is 16.5. The summed E-state index contributed by atoms with van der Waals surface area (Å²) in [5.41, 5.74) is 1.53. The summed E-state index contributed by atoms with van der Waals surface area (Å²) in [6, 6.07) is 8.80. The predicted molar refractivity (Wildman–Crippen MR) is 138 cm³/mol. The van der Waals surface area contributed by atoms with Gasteiger partial charge in [0.15, 0.2) is 0 Å². The van der Waals surface area contributed by atoms with E-state index in [9.17, 15) is 14.4 Å². The van der Waals surface area contributed by atoms with Gasteiger partial charge in [-0.25, -0.2) is 0 Å². The van der Waals surface area contributed by atoms with Crippen molar-refractivity contribution in [2.75, 3.05) is 25.1 Å². The molecule has 0 atom stereocenters. The van der Waals surface area contributed by atoms with E-state index in [0.717, 1.165) is 0 Å². The number of rotatable bonds is 14. The average molecular weight is 522 g/mol. The lowest BCUT2D eigenvalue weighted by Gasteiger charge is -2.09. The summed E-state index contributed by atoms with van der Waals surface area (Å²) in [6.45, 7) is 4.74. The Morgan fingerprint density at radius 1 is 0.816 bits per heavy atom. The quantitative estimate of drug-likeness (QED) is 0.264. The molecule has 3 amide bonds. The van der Waals surface area contributed by atoms with Gasteiger partial charge in [-0.2, -0.15) is 0 Å². The number of hydrogen-bond donors (Lipinski definition) is 3. The molecule has 13 nitrogen and oxygen atoms in total. The van der Waals surface area contributed by atoms with Crippen LogP contribution in [0.4, 0.5) is 5.69 Å². The van der Waals surface area contributed by atoms with Crippen LogP contribution in [0.1, 0.15) is 39.5 Å². The summed E-state index contributed by atoms with van der Waals surface area (Å²) in [5.74, 6) is 0.0964. The van der Waals surface area contributed by atoms with Crippen LogP contribution in [0, 0.1) is 0 Å². The summed E-state index contributed by atoms with van der Waals surface area (Å²) >= 11 is 0. The third-order valence-electron chi connectivity index (χ3n) is 4.95.